The average molecular weight is 220 g/mol. The molecule has 0 amide bonds. The first-order valence-electron chi connectivity index (χ1n) is 3.87. The first-order chi connectivity index (χ1) is 5.06. The Morgan fingerprint density at radius 1 is 1.08 bits per heavy atom. The summed E-state index contributed by atoms with van der Waals surface area (Å²) in [5.74, 6) is 0. The summed E-state index contributed by atoms with van der Waals surface area (Å²) in [6.07, 6.45) is 4.01. The first kappa shape index (κ1) is 16.1. The van der Waals surface area contributed by atoms with E-state index in [0.29, 0.717) is 0 Å². The van der Waals surface area contributed by atoms with Gasteiger partial charge in [0.2, 0.25) is 0 Å². The van der Waals surface area contributed by atoms with Crippen LogP contribution >= 0.6 is 0 Å². The van der Waals surface area contributed by atoms with E-state index in [0.717, 1.165) is 25.7 Å². The quantitative estimate of drug-likeness (QED) is 0.411. The Morgan fingerprint density at radius 3 is 2.08 bits per heavy atom. The van der Waals surface area contributed by atoms with E-state index < -0.39 is 9.05 Å². The molecule has 0 aromatic heterocycles. The third-order valence-corrected chi connectivity index (χ3v) is 1.89. The molecule has 0 rings (SSSR count). The first-order valence-corrected chi connectivity index (χ1v) is 5.62. The second-order valence-corrected chi connectivity index (χ2v) is 3.92. The third kappa shape index (κ3) is 14.2. The van der Waals surface area contributed by atoms with Gasteiger partial charge in [0, 0.05) is 6.61 Å². The summed E-state index contributed by atoms with van der Waals surface area (Å²) in [5.41, 5.74) is 0. The Hall–Kier alpha value is 1.69. The van der Waals surface area contributed by atoms with E-state index in [2.05, 4.69) is 11.3 Å². The SMILES string of the molecule is CCCCCCO[Si](O)(O)O.[KH]. The van der Waals surface area contributed by atoms with Gasteiger partial charge in [0.1, 0.15) is 0 Å². The summed E-state index contributed by atoms with van der Waals surface area (Å²) in [7, 11) is -4.22. The molecule has 0 unspecified atom stereocenters. The zero-order chi connectivity index (χ0) is 8.74. The molecular formula is C6H17KO4Si. The van der Waals surface area contributed by atoms with Gasteiger partial charge in [-0.2, -0.15) is 0 Å². The topological polar surface area (TPSA) is 69.9 Å². The van der Waals surface area contributed by atoms with Crippen molar-refractivity contribution in [1.82, 2.24) is 0 Å². The molecule has 0 aliphatic carbocycles. The minimum atomic E-state index is -4.22. The Bertz CT molecular complexity index is 96.0. The molecule has 3 N–H and O–H groups in total. The molecule has 0 aliphatic heterocycles. The Kier molecular flexibility index (Phi) is 12.4. The van der Waals surface area contributed by atoms with Crippen molar-refractivity contribution in [3.05, 3.63) is 0 Å². The summed E-state index contributed by atoms with van der Waals surface area (Å²) in [6, 6.07) is 0. The van der Waals surface area contributed by atoms with Crippen molar-refractivity contribution in [3.8, 4) is 0 Å². The molecular weight excluding hydrogens is 203 g/mol. The third-order valence-electron chi connectivity index (χ3n) is 1.29. The van der Waals surface area contributed by atoms with Gasteiger partial charge in [-0.3, -0.25) is 0 Å². The molecule has 12 heavy (non-hydrogen) atoms. The van der Waals surface area contributed by atoms with E-state index in [1.807, 2.05) is 0 Å². The van der Waals surface area contributed by atoms with Crippen LogP contribution in [0.5, 0.6) is 0 Å². The van der Waals surface area contributed by atoms with Gasteiger partial charge in [-0.1, -0.05) is 26.2 Å². The monoisotopic (exact) mass is 220 g/mol. The fraction of sp³-hybridized carbons (Fsp3) is 1.00. The van der Waals surface area contributed by atoms with E-state index >= 15 is 0 Å². The van der Waals surface area contributed by atoms with Crippen LogP contribution in [-0.4, -0.2) is 81.4 Å². The zero-order valence-electron chi connectivity index (χ0n) is 6.79. The van der Waals surface area contributed by atoms with Gasteiger partial charge >= 0.3 is 60.4 Å². The van der Waals surface area contributed by atoms with Gasteiger partial charge in [-0.05, 0) is 6.42 Å². The van der Waals surface area contributed by atoms with Crippen LogP contribution in [0.3, 0.4) is 0 Å². The summed E-state index contributed by atoms with van der Waals surface area (Å²) in [5, 5.41) is 0. The van der Waals surface area contributed by atoms with Crippen LogP contribution in [0, 0.1) is 0 Å². The predicted octanol–water partition coefficient (Wildman–Crippen LogP) is -0.653. The fourth-order valence-electron chi connectivity index (χ4n) is 0.738. The van der Waals surface area contributed by atoms with Crippen LogP contribution in [0.25, 0.3) is 0 Å². The molecule has 0 aliphatic rings. The minimum absolute atomic E-state index is 0. The van der Waals surface area contributed by atoms with Gasteiger partial charge in [0.15, 0.2) is 0 Å². The van der Waals surface area contributed by atoms with Crippen LogP contribution in [-0.2, 0) is 4.43 Å². The van der Waals surface area contributed by atoms with Gasteiger partial charge in [-0.25, -0.2) is 0 Å². The maximum absolute atomic E-state index is 8.40. The average Bonchev–Trinajstić information content (AvgIpc) is 1.85. The maximum atomic E-state index is 8.40. The Labute approximate surface area is 117 Å². The molecule has 0 saturated heterocycles. The van der Waals surface area contributed by atoms with Crippen LogP contribution in [0.2, 0.25) is 0 Å². The van der Waals surface area contributed by atoms with Gasteiger partial charge < -0.3 is 18.8 Å². The van der Waals surface area contributed by atoms with Crippen molar-refractivity contribution in [2.75, 3.05) is 6.61 Å². The summed E-state index contributed by atoms with van der Waals surface area (Å²) in [6.45, 7) is 2.32. The molecule has 0 aromatic carbocycles. The van der Waals surface area contributed by atoms with Crippen molar-refractivity contribution in [1.29, 1.82) is 0 Å². The van der Waals surface area contributed by atoms with Crippen molar-refractivity contribution in [2.45, 2.75) is 32.6 Å². The molecule has 0 aromatic rings. The second-order valence-electron chi connectivity index (χ2n) is 2.48. The zero-order valence-corrected chi connectivity index (χ0v) is 7.79. The molecule has 0 fully saturated rings. The van der Waals surface area contributed by atoms with Crippen LogP contribution in [0.4, 0.5) is 0 Å². The van der Waals surface area contributed by atoms with Gasteiger partial charge in [-0.15, -0.1) is 0 Å². The van der Waals surface area contributed by atoms with Crippen LogP contribution in [0.1, 0.15) is 32.6 Å². The molecule has 70 valence electrons. The Morgan fingerprint density at radius 2 is 1.67 bits per heavy atom. The second kappa shape index (κ2) is 9.26. The molecule has 6 heteroatoms. The van der Waals surface area contributed by atoms with Gasteiger partial charge in [0.05, 0.1) is 0 Å². The van der Waals surface area contributed by atoms with E-state index in [4.69, 9.17) is 14.4 Å². The van der Waals surface area contributed by atoms with E-state index in [1.54, 1.807) is 0 Å². The van der Waals surface area contributed by atoms with Crippen molar-refractivity contribution in [3.63, 3.8) is 0 Å². The molecule has 0 radical (unpaired) electrons. The van der Waals surface area contributed by atoms with E-state index in [9.17, 15) is 0 Å². The number of unbranched alkanes of at least 4 members (excludes halogenated alkanes) is 3. The van der Waals surface area contributed by atoms with Crippen molar-refractivity contribution < 1.29 is 18.8 Å². The van der Waals surface area contributed by atoms with Gasteiger partial charge in [0.25, 0.3) is 0 Å². The summed E-state index contributed by atoms with van der Waals surface area (Å²) in [4.78, 5) is 25.2. The number of hydrogen-bond donors (Lipinski definition) is 3. The number of hydrogen-bond acceptors (Lipinski definition) is 4. The van der Waals surface area contributed by atoms with Crippen molar-refractivity contribution >= 4 is 60.4 Å². The fourth-order valence-corrected chi connectivity index (χ4v) is 1.16. The van der Waals surface area contributed by atoms with Crippen molar-refractivity contribution in [2.24, 2.45) is 0 Å². The number of rotatable bonds is 6. The molecule has 4 nitrogen and oxygen atoms in total. The summed E-state index contributed by atoms with van der Waals surface area (Å²) >= 11 is 0. The van der Waals surface area contributed by atoms with Crippen LogP contribution in [0.15, 0.2) is 0 Å². The molecule has 0 bridgehead atoms. The van der Waals surface area contributed by atoms with E-state index in [-0.39, 0.29) is 58.0 Å². The van der Waals surface area contributed by atoms with Crippen LogP contribution < -0.4 is 0 Å². The summed E-state index contributed by atoms with van der Waals surface area (Å²) < 4.78 is 4.38. The predicted molar refractivity (Wildman–Crippen MR) is 49.7 cm³/mol. The standard InChI is InChI=1S/C6H16O4Si.K.H/c1-2-3-4-5-6-10-11(7,8)9;;/h7-9H,2-6H2,1H3;;. The Balaban J connectivity index is 0. The molecule has 0 atom stereocenters. The van der Waals surface area contributed by atoms with E-state index in [1.165, 1.54) is 0 Å². The normalized spacial score (nSPS) is 11.0. The molecule has 0 saturated carbocycles. The molecule has 0 heterocycles. The molecule has 0 spiro atoms.